The van der Waals surface area contributed by atoms with Crippen LogP contribution in [0.25, 0.3) is 82.8 Å². The lowest BCUT2D eigenvalue weighted by atomic mass is 9.84. The Morgan fingerprint density at radius 3 is 1.63 bits per heavy atom. The predicted molar refractivity (Wildman–Crippen MR) is 207 cm³/mol. The van der Waals surface area contributed by atoms with Crippen molar-refractivity contribution in [1.82, 2.24) is 9.55 Å². The molecule has 8 aromatic carbocycles. The highest BCUT2D eigenvalue weighted by Gasteiger charge is 2.18. The van der Waals surface area contributed by atoms with Crippen molar-refractivity contribution in [2.24, 2.45) is 0 Å². The first kappa shape index (κ1) is 28.9. The second-order valence-corrected chi connectivity index (χ2v) is 12.6. The third-order valence-electron chi connectivity index (χ3n) is 9.75. The molecule has 0 unspecified atom stereocenters. The van der Waals surface area contributed by atoms with E-state index in [9.17, 15) is 0 Å². The van der Waals surface area contributed by atoms with Gasteiger partial charge >= 0.3 is 0 Å². The van der Waals surface area contributed by atoms with Gasteiger partial charge < -0.3 is 0 Å². The van der Waals surface area contributed by atoms with E-state index in [1.54, 1.807) is 0 Å². The second-order valence-electron chi connectivity index (χ2n) is 12.6. The molecular formula is C47H34N2. The van der Waals surface area contributed by atoms with Crippen molar-refractivity contribution in [2.45, 2.75) is 13.3 Å². The number of para-hydroxylation sites is 2. The van der Waals surface area contributed by atoms with E-state index in [0.29, 0.717) is 0 Å². The average molecular weight is 627 g/mol. The maximum atomic E-state index is 4.94. The van der Waals surface area contributed by atoms with Gasteiger partial charge in [0.05, 0.1) is 11.0 Å². The van der Waals surface area contributed by atoms with Crippen molar-refractivity contribution in [3.8, 4) is 50.2 Å². The zero-order valence-corrected chi connectivity index (χ0v) is 27.3. The van der Waals surface area contributed by atoms with Gasteiger partial charge in [-0.15, -0.1) is 0 Å². The van der Waals surface area contributed by atoms with E-state index in [1.165, 1.54) is 66.1 Å². The number of hydrogen-bond donors (Lipinski definition) is 0. The van der Waals surface area contributed by atoms with Crippen molar-refractivity contribution in [2.75, 3.05) is 0 Å². The zero-order chi connectivity index (χ0) is 32.7. The minimum atomic E-state index is 0.862. The molecule has 0 saturated carbocycles. The Morgan fingerprint density at radius 2 is 0.918 bits per heavy atom. The van der Waals surface area contributed by atoms with Gasteiger partial charge in [-0.1, -0.05) is 146 Å². The Hall–Kier alpha value is -6.25. The fourth-order valence-electron chi connectivity index (χ4n) is 7.47. The lowest BCUT2D eigenvalue weighted by molar-refractivity contribution is 0.908. The van der Waals surface area contributed by atoms with Gasteiger partial charge in [0.2, 0.25) is 0 Å². The van der Waals surface area contributed by atoms with Crippen molar-refractivity contribution >= 4 is 32.6 Å². The molecule has 2 nitrogen and oxygen atoms in total. The SMILES string of the molecule is CCc1nc2ccccc2n1-c1ccc(-c2c3ccccc3c(-c3ccccc3)c3ccc(-c4cccc(-c5ccccc5)c4)cc23)cc1. The van der Waals surface area contributed by atoms with Crippen molar-refractivity contribution in [1.29, 1.82) is 0 Å². The van der Waals surface area contributed by atoms with Crippen LogP contribution >= 0.6 is 0 Å². The monoisotopic (exact) mass is 626 g/mol. The van der Waals surface area contributed by atoms with Gasteiger partial charge in [-0.2, -0.15) is 0 Å². The van der Waals surface area contributed by atoms with E-state index in [1.807, 2.05) is 0 Å². The number of fused-ring (bicyclic) bond motifs is 3. The van der Waals surface area contributed by atoms with Crippen LogP contribution in [0.15, 0.2) is 176 Å². The molecule has 9 rings (SSSR count). The third kappa shape index (κ3) is 5.01. The van der Waals surface area contributed by atoms with Crippen LogP contribution in [0.3, 0.4) is 0 Å². The maximum Gasteiger partial charge on any atom is 0.114 e. The highest BCUT2D eigenvalue weighted by molar-refractivity contribution is 6.22. The van der Waals surface area contributed by atoms with Gasteiger partial charge in [0, 0.05) is 12.1 Å². The Labute approximate surface area is 286 Å². The summed E-state index contributed by atoms with van der Waals surface area (Å²) in [6, 6.07) is 63.7. The Morgan fingerprint density at radius 1 is 0.408 bits per heavy atom. The van der Waals surface area contributed by atoms with Crippen LogP contribution in [-0.4, -0.2) is 9.55 Å². The highest BCUT2D eigenvalue weighted by Crippen LogP contribution is 2.45. The number of aryl methyl sites for hydroxylation is 1. The summed E-state index contributed by atoms with van der Waals surface area (Å²) in [5, 5.41) is 5.00. The van der Waals surface area contributed by atoms with Crippen LogP contribution < -0.4 is 0 Å². The summed E-state index contributed by atoms with van der Waals surface area (Å²) in [7, 11) is 0. The fraction of sp³-hybridized carbons (Fsp3) is 0.0426. The molecule has 0 radical (unpaired) electrons. The molecule has 232 valence electrons. The van der Waals surface area contributed by atoms with Gasteiger partial charge in [0.25, 0.3) is 0 Å². The molecule has 0 saturated heterocycles. The van der Waals surface area contributed by atoms with Crippen LogP contribution in [0.5, 0.6) is 0 Å². The van der Waals surface area contributed by atoms with E-state index in [0.717, 1.165) is 29.0 Å². The summed E-state index contributed by atoms with van der Waals surface area (Å²) in [6.07, 6.45) is 0.862. The predicted octanol–water partition coefficient (Wildman–Crippen LogP) is 12.6. The van der Waals surface area contributed by atoms with E-state index in [4.69, 9.17) is 4.98 Å². The molecule has 0 amide bonds. The highest BCUT2D eigenvalue weighted by atomic mass is 15.1. The van der Waals surface area contributed by atoms with E-state index in [-0.39, 0.29) is 0 Å². The molecule has 0 atom stereocenters. The summed E-state index contributed by atoms with van der Waals surface area (Å²) in [6.45, 7) is 2.17. The third-order valence-corrected chi connectivity index (χ3v) is 9.75. The Balaban J connectivity index is 1.28. The molecule has 0 bridgehead atoms. The molecule has 49 heavy (non-hydrogen) atoms. The summed E-state index contributed by atoms with van der Waals surface area (Å²) >= 11 is 0. The van der Waals surface area contributed by atoms with Crippen LogP contribution in [-0.2, 0) is 6.42 Å². The van der Waals surface area contributed by atoms with Gasteiger partial charge in [-0.25, -0.2) is 4.98 Å². The minimum absolute atomic E-state index is 0.862. The number of aromatic nitrogens is 2. The van der Waals surface area contributed by atoms with E-state index >= 15 is 0 Å². The number of benzene rings is 8. The summed E-state index contributed by atoms with van der Waals surface area (Å²) in [4.78, 5) is 4.94. The molecule has 0 aliphatic carbocycles. The topological polar surface area (TPSA) is 17.8 Å². The molecule has 0 aliphatic heterocycles. The van der Waals surface area contributed by atoms with Crippen LogP contribution in [0.1, 0.15) is 12.7 Å². The molecule has 0 fully saturated rings. The van der Waals surface area contributed by atoms with Crippen LogP contribution in [0, 0.1) is 0 Å². The molecular weight excluding hydrogens is 593 g/mol. The molecule has 9 aromatic rings. The van der Waals surface area contributed by atoms with Crippen molar-refractivity contribution < 1.29 is 0 Å². The van der Waals surface area contributed by atoms with E-state index < -0.39 is 0 Å². The first-order valence-electron chi connectivity index (χ1n) is 17.0. The van der Waals surface area contributed by atoms with Crippen molar-refractivity contribution in [3.63, 3.8) is 0 Å². The Kier molecular flexibility index (Phi) is 7.13. The van der Waals surface area contributed by atoms with Gasteiger partial charge in [0.15, 0.2) is 0 Å². The summed E-state index contributed by atoms with van der Waals surface area (Å²) in [5.74, 6) is 1.07. The molecule has 0 spiro atoms. The number of imidazole rings is 1. The Bertz CT molecular complexity index is 2610. The van der Waals surface area contributed by atoms with Crippen molar-refractivity contribution in [3.05, 3.63) is 182 Å². The number of rotatable bonds is 6. The average Bonchev–Trinajstić information content (AvgIpc) is 3.56. The van der Waals surface area contributed by atoms with E-state index in [2.05, 4.69) is 187 Å². The van der Waals surface area contributed by atoms with Gasteiger partial charge in [-0.05, 0) is 102 Å². The number of nitrogens with zero attached hydrogens (tertiary/aromatic N) is 2. The summed E-state index contributed by atoms with van der Waals surface area (Å²) < 4.78 is 2.30. The number of hydrogen-bond acceptors (Lipinski definition) is 1. The van der Waals surface area contributed by atoms with Crippen LogP contribution in [0.4, 0.5) is 0 Å². The molecule has 1 aromatic heterocycles. The second kappa shape index (κ2) is 12.1. The minimum Gasteiger partial charge on any atom is -0.296 e. The lowest BCUT2D eigenvalue weighted by Crippen LogP contribution is -2.00. The van der Waals surface area contributed by atoms with Gasteiger partial charge in [-0.3, -0.25) is 4.57 Å². The normalized spacial score (nSPS) is 11.4. The smallest absolute Gasteiger partial charge is 0.114 e. The first-order valence-corrected chi connectivity index (χ1v) is 17.0. The first-order chi connectivity index (χ1) is 24.3. The maximum absolute atomic E-state index is 4.94. The molecule has 0 N–H and O–H groups in total. The molecule has 0 aliphatic rings. The molecule has 2 heteroatoms. The standard InChI is InChI=1S/C47H34N2/c1-2-45-48-43-22-11-12-23-44(43)49(45)38-27-24-34(25-28-38)47-40-21-10-9-20-39(40)46(33-16-7-4-8-17-33)41-29-26-37(31-42(41)47)36-19-13-18-35(30-36)32-14-5-3-6-15-32/h3-31H,2H2,1H3. The summed E-state index contributed by atoms with van der Waals surface area (Å²) in [5.41, 5.74) is 13.1. The zero-order valence-electron chi connectivity index (χ0n) is 27.3. The largest absolute Gasteiger partial charge is 0.296 e. The van der Waals surface area contributed by atoms with Gasteiger partial charge in [0.1, 0.15) is 5.82 Å². The van der Waals surface area contributed by atoms with Crippen LogP contribution in [0.2, 0.25) is 0 Å². The quantitative estimate of drug-likeness (QED) is 0.168. The molecule has 1 heterocycles. The fourth-order valence-corrected chi connectivity index (χ4v) is 7.47. The lowest BCUT2D eigenvalue weighted by Gasteiger charge is -2.19.